The lowest BCUT2D eigenvalue weighted by atomic mass is 10.2. The third-order valence-corrected chi connectivity index (χ3v) is 4.63. The number of nitrogens with one attached hydrogen (secondary N) is 2. The molecular formula is C15H22N4O2S. The Morgan fingerprint density at radius 3 is 3.00 bits per heavy atom. The molecule has 0 aromatic carbocycles. The molecule has 3 N–H and O–H groups in total. The molecule has 0 aliphatic carbocycles. The summed E-state index contributed by atoms with van der Waals surface area (Å²) in [5, 5.41) is 18.8. The van der Waals surface area contributed by atoms with Crippen molar-refractivity contribution in [2.24, 2.45) is 0 Å². The van der Waals surface area contributed by atoms with E-state index >= 15 is 0 Å². The fraction of sp³-hybridized carbons (Fsp3) is 0.467. The Morgan fingerprint density at radius 1 is 1.50 bits per heavy atom. The van der Waals surface area contributed by atoms with Gasteiger partial charge in [-0.1, -0.05) is 6.92 Å². The van der Waals surface area contributed by atoms with Crippen LogP contribution >= 0.6 is 11.3 Å². The average molecular weight is 322 g/mol. The largest absolute Gasteiger partial charge is 0.395 e. The molecule has 22 heavy (non-hydrogen) atoms. The summed E-state index contributed by atoms with van der Waals surface area (Å²) in [7, 11) is 0. The highest BCUT2D eigenvalue weighted by atomic mass is 32.1. The summed E-state index contributed by atoms with van der Waals surface area (Å²) >= 11 is 1.81. The first-order valence-corrected chi connectivity index (χ1v) is 8.19. The number of hydrogen-bond donors (Lipinski definition) is 3. The predicted octanol–water partition coefficient (Wildman–Crippen LogP) is 1.79. The minimum Gasteiger partial charge on any atom is -0.395 e. The number of hydrogen-bond acceptors (Lipinski definition) is 5. The van der Waals surface area contributed by atoms with Crippen molar-refractivity contribution in [3.63, 3.8) is 0 Å². The Hall–Kier alpha value is -1.86. The lowest BCUT2D eigenvalue weighted by Gasteiger charge is -2.11. The number of carbonyl (C=O) groups is 1. The molecule has 0 bridgehead atoms. The van der Waals surface area contributed by atoms with Crippen LogP contribution in [-0.2, 0) is 17.8 Å². The van der Waals surface area contributed by atoms with Crippen LogP contribution in [0.2, 0.25) is 0 Å². The highest BCUT2D eigenvalue weighted by molar-refractivity contribution is 7.12. The number of amides is 1. The third kappa shape index (κ3) is 4.57. The molecular weight excluding hydrogens is 300 g/mol. The summed E-state index contributed by atoms with van der Waals surface area (Å²) in [5.74, 6) is -0.164. The second-order valence-corrected chi connectivity index (χ2v) is 6.22. The molecule has 1 amide bonds. The fourth-order valence-corrected chi connectivity index (χ4v) is 3.02. The molecule has 0 aliphatic heterocycles. The van der Waals surface area contributed by atoms with Gasteiger partial charge in [0.05, 0.1) is 24.5 Å². The first kappa shape index (κ1) is 16.5. The lowest BCUT2D eigenvalue weighted by Crippen LogP contribution is -2.30. The van der Waals surface area contributed by atoms with Crippen LogP contribution in [0.25, 0.3) is 0 Å². The zero-order valence-corrected chi connectivity index (χ0v) is 13.7. The van der Waals surface area contributed by atoms with Gasteiger partial charge in [0.2, 0.25) is 5.91 Å². The molecule has 2 rings (SSSR count). The van der Waals surface area contributed by atoms with E-state index in [2.05, 4.69) is 41.7 Å². The van der Waals surface area contributed by atoms with Crippen molar-refractivity contribution in [2.45, 2.75) is 32.9 Å². The molecule has 6 nitrogen and oxygen atoms in total. The molecule has 1 atom stereocenters. The van der Waals surface area contributed by atoms with Gasteiger partial charge < -0.3 is 15.7 Å². The van der Waals surface area contributed by atoms with Crippen LogP contribution in [0, 0.1) is 0 Å². The molecule has 0 saturated heterocycles. The number of anilines is 1. The van der Waals surface area contributed by atoms with Gasteiger partial charge in [0, 0.05) is 22.5 Å². The Labute approximate surface area is 134 Å². The highest BCUT2D eigenvalue weighted by Gasteiger charge is 2.10. The summed E-state index contributed by atoms with van der Waals surface area (Å²) in [5.41, 5.74) is 0.883. The van der Waals surface area contributed by atoms with E-state index in [0.717, 1.165) is 12.1 Å². The normalized spacial score (nSPS) is 12.1. The number of aromatic nitrogens is 2. The van der Waals surface area contributed by atoms with Gasteiger partial charge in [0.15, 0.2) is 0 Å². The van der Waals surface area contributed by atoms with Gasteiger partial charge in [0.25, 0.3) is 0 Å². The number of aryl methyl sites for hydroxylation is 1. The zero-order valence-electron chi connectivity index (χ0n) is 12.9. The van der Waals surface area contributed by atoms with Gasteiger partial charge in [-0.15, -0.1) is 11.3 Å². The Kier molecular flexibility index (Phi) is 5.97. The minimum atomic E-state index is -0.164. The van der Waals surface area contributed by atoms with E-state index in [1.165, 1.54) is 9.75 Å². The number of aliphatic hydroxyl groups excluding tert-OH is 1. The van der Waals surface area contributed by atoms with E-state index in [9.17, 15) is 4.79 Å². The van der Waals surface area contributed by atoms with E-state index in [-0.39, 0.29) is 31.6 Å². The van der Waals surface area contributed by atoms with Crippen LogP contribution in [0.1, 0.15) is 29.6 Å². The van der Waals surface area contributed by atoms with E-state index in [0.29, 0.717) is 0 Å². The van der Waals surface area contributed by atoms with Crippen LogP contribution in [0.3, 0.4) is 0 Å². The molecule has 7 heteroatoms. The Bertz CT molecular complexity index is 608. The van der Waals surface area contributed by atoms with Gasteiger partial charge in [-0.05, 0) is 25.5 Å². The van der Waals surface area contributed by atoms with Crippen LogP contribution in [0.15, 0.2) is 24.5 Å². The van der Waals surface area contributed by atoms with Crippen molar-refractivity contribution in [3.05, 3.63) is 34.3 Å². The van der Waals surface area contributed by atoms with Gasteiger partial charge in [0.1, 0.15) is 6.54 Å². The predicted molar refractivity (Wildman–Crippen MR) is 88.1 cm³/mol. The van der Waals surface area contributed by atoms with Gasteiger partial charge in [-0.3, -0.25) is 9.48 Å². The smallest absolute Gasteiger partial charge is 0.241 e. The number of thiophene rings is 1. The Balaban J connectivity index is 1.89. The van der Waals surface area contributed by atoms with Crippen LogP contribution in [0.5, 0.6) is 0 Å². The fourth-order valence-electron chi connectivity index (χ4n) is 2.06. The Morgan fingerprint density at radius 2 is 2.32 bits per heavy atom. The summed E-state index contributed by atoms with van der Waals surface area (Å²) in [6.07, 6.45) is 4.58. The van der Waals surface area contributed by atoms with Crippen LogP contribution in [-0.4, -0.2) is 33.9 Å². The van der Waals surface area contributed by atoms with Crippen molar-refractivity contribution < 1.29 is 9.90 Å². The maximum absolute atomic E-state index is 11.6. The summed E-state index contributed by atoms with van der Waals surface area (Å²) in [6.45, 7) is 4.61. The van der Waals surface area contributed by atoms with Crippen molar-refractivity contribution in [1.82, 2.24) is 15.1 Å². The molecule has 0 saturated carbocycles. The number of rotatable bonds is 8. The number of carbonyl (C=O) groups excluding carboxylic acids is 1. The van der Waals surface area contributed by atoms with Gasteiger partial charge in [-0.25, -0.2) is 0 Å². The van der Waals surface area contributed by atoms with Crippen molar-refractivity contribution in [3.8, 4) is 0 Å². The van der Waals surface area contributed by atoms with Crippen LogP contribution < -0.4 is 10.6 Å². The molecule has 0 radical (unpaired) electrons. The quantitative estimate of drug-likeness (QED) is 0.692. The molecule has 0 aliphatic rings. The molecule has 2 aromatic rings. The SMILES string of the molecule is CCc1ccc(C(C)Nc2cnn(CC(=O)NCCO)c2)s1. The molecule has 2 heterocycles. The van der Waals surface area contributed by atoms with Crippen molar-refractivity contribution >= 4 is 22.9 Å². The van der Waals surface area contributed by atoms with E-state index in [1.807, 2.05) is 17.5 Å². The first-order chi connectivity index (χ1) is 10.6. The van der Waals surface area contributed by atoms with Gasteiger partial charge >= 0.3 is 0 Å². The zero-order chi connectivity index (χ0) is 15.9. The number of nitrogens with zero attached hydrogens (tertiary/aromatic N) is 2. The molecule has 120 valence electrons. The summed E-state index contributed by atoms with van der Waals surface area (Å²) in [4.78, 5) is 14.2. The summed E-state index contributed by atoms with van der Waals surface area (Å²) < 4.78 is 1.58. The standard InChI is InChI=1S/C15H22N4O2S/c1-3-13-4-5-14(22-13)11(2)18-12-8-17-19(9-12)10-15(21)16-6-7-20/h4-5,8-9,11,18,20H,3,6-7,10H2,1-2H3,(H,16,21). The second kappa shape index (κ2) is 7.95. The average Bonchev–Trinajstić information content (AvgIpc) is 3.14. The molecule has 1 unspecified atom stereocenters. The van der Waals surface area contributed by atoms with Gasteiger partial charge in [-0.2, -0.15) is 5.10 Å². The topological polar surface area (TPSA) is 79.2 Å². The number of aliphatic hydroxyl groups is 1. The van der Waals surface area contributed by atoms with E-state index in [4.69, 9.17) is 5.11 Å². The van der Waals surface area contributed by atoms with E-state index < -0.39 is 0 Å². The first-order valence-electron chi connectivity index (χ1n) is 7.37. The van der Waals surface area contributed by atoms with Crippen molar-refractivity contribution in [1.29, 1.82) is 0 Å². The van der Waals surface area contributed by atoms with E-state index in [1.54, 1.807) is 10.9 Å². The maximum Gasteiger partial charge on any atom is 0.241 e. The molecule has 0 fully saturated rings. The highest BCUT2D eigenvalue weighted by Crippen LogP contribution is 2.26. The maximum atomic E-state index is 11.6. The summed E-state index contributed by atoms with van der Waals surface area (Å²) in [6, 6.07) is 4.51. The third-order valence-electron chi connectivity index (χ3n) is 3.21. The monoisotopic (exact) mass is 322 g/mol. The lowest BCUT2D eigenvalue weighted by molar-refractivity contribution is -0.122. The molecule has 2 aromatic heterocycles. The second-order valence-electron chi connectivity index (χ2n) is 5.02. The van der Waals surface area contributed by atoms with Crippen LogP contribution in [0.4, 0.5) is 5.69 Å². The minimum absolute atomic E-state index is 0.0598. The van der Waals surface area contributed by atoms with Crippen molar-refractivity contribution in [2.75, 3.05) is 18.5 Å². The molecule has 0 spiro atoms.